The summed E-state index contributed by atoms with van der Waals surface area (Å²) in [4.78, 5) is 52.0. The van der Waals surface area contributed by atoms with Crippen molar-refractivity contribution in [1.82, 2.24) is 4.90 Å². The monoisotopic (exact) mass is 467 g/mol. The number of fused-ring (bicyclic) bond motifs is 2. The van der Waals surface area contributed by atoms with E-state index in [1.807, 2.05) is 19.1 Å². The number of aryl methyl sites for hydroxylation is 1. The van der Waals surface area contributed by atoms with Crippen molar-refractivity contribution in [2.75, 3.05) is 6.54 Å². The van der Waals surface area contributed by atoms with Crippen molar-refractivity contribution in [3.63, 3.8) is 0 Å². The number of carbonyl (C=O) groups is 3. The number of benzene rings is 3. The standard InChI is InChI=1S/C28H21NO6/c1-17-12-14-18(15-13-17)25-26(24(31)21-9-4-5-10-22(21)34-25)35-23(30)11-6-16-29-27(32)19-7-2-3-8-20(19)28(29)33/h2-5,7-10,12-15H,6,11,16H2,1H3. The summed E-state index contributed by atoms with van der Waals surface area (Å²) in [5.41, 5.74) is 2.29. The van der Waals surface area contributed by atoms with E-state index in [1.165, 1.54) is 0 Å². The van der Waals surface area contributed by atoms with Crippen molar-refractivity contribution in [3.8, 4) is 17.1 Å². The molecule has 0 N–H and O–H groups in total. The van der Waals surface area contributed by atoms with Gasteiger partial charge in [0.05, 0.1) is 16.5 Å². The fourth-order valence-corrected chi connectivity index (χ4v) is 4.10. The van der Waals surface area contributed by atoms with Crippen LogP contribution < -0.4 is 10.2 Å². The summed E-state index contributed by atoms with van der Waals surface area (Å²) in [6, 6.07) is 20.7. The summed E-state index contributed by atoms with van der Waals surface area (Å²) in [6.45, 7) is 2.01. The molecule has 1 aliphatic rings. The van der Waals surface area contributed by atoms with Gasteiger partial charge in [-0.1, -0.05) is 54.1 Å². The predicted molar refractivity (Wildman–Crippen MR) is 129 cm³/mol. The maximum Gasteiger partial charge on any atom is 0.311 e. The van der Waals surface area contributed by atoms with Crippen LogP contribution in [0, 0.1) is 6.92 Å². The highest BCUT2D eigenvalue weighted by atomic mass is 16.5. The van der Waals surface area contributed by atoms with E-state index in [-0.39, 0.29) is 42.7 Å². The van der Waals surface area contributed by atoms with E-state index in [0.717, 1.165) is 10.5 Å². The molecule has 35 heavy (non-hydrogen) atoms. The zero-order valence-electron chi connectivity index (χ0n) is 18.9. The Balaban J connectivity index is 1.35. The maximum atomic E-state index is 13.2. The van der Waals surface area contributed by atoms with Crippen LogP contribution in [0.1, 0.15) is 39.1 Å². The third-order valence-corrected chi connectivity index (χ3v) is 5.93. The molecule has 0 unspecified atom stereocenters. The number of carbonyl (C=O) groups excluding carboxylic acids is 3. The van der Waals surface area contributed by atoms with E-state index in [4.69, 9.17) is 9.15 Å². The lowest BCUT2D eigenvalue weighted by Gasteiger charge is -2.14. The van der Waals surface area contributed by atoms with Gasteiger partial charge < -0.3 is 9.15 Å². The van der Waals surface area contributed by atoms with Gasteiger partial charge in [0.15, 0.2) is 5.76 Å². The van der Waals surface area contributed by atoms with Crippen LogP contribution in [-0.2, 0) is 4.79 Å². The van der Waals surface area contributed by atoms with E-state index in [2.05, 4.69) is 0 Å². The highest BCUT2D eigenvalue weighted by Crippen LogP contribution is 2.31. The first-order valence-electron chi connectivity index (χ1n) is 11.2. The van der Waals surface area contributed by atoms with Crippen molar-refractivity contribution < 1.29 is 23.5 Å². The first-order chi connectivity index (χ1) is 16.9. The Morgan fingerprint density at radius 1 is 0.857 bits per heavy atom. The summed E-state index contributed by atoms with van der Waals surface area (Å²) in [5.74, 6) is -1.43. The normalized spacial score (nSPS) is 12.8. The third kappa shape index (κ3) is 4.12. The van der Waals surface area contributed by atoms with Crippen LogP contribution in [0.25, 0.3) is 22.3 Å². The van der Waals surface area contributed by atoms with Crippen LogP contribution in [0.5, 0.6) is 5.75 Å². The molecule has 0 saturated carbocycles. The van der Waals surface area contributed by atoms with Crippen molar-refractivity contribution in [3.05, 3.63) is 99.7 Å². The molecule has 1 aromatic heterocycles. The minimum atomic E-state index is -0.655. The summed E-state index contributed by atoms with van der Waals surface area (Å²) < 4.78 is 11.5. The van der Waals surface area contributed by atoms with E-state index < -0.39 is 11.4 Å². The van der Waals surface area contributed by atoms with Crippen molar-refractivity contribution in [2.24, 2.45) is 0 Å². The van der Waals surface area contributed by atoms with Crippen molar-refractivity contribution in [1.29, 1.82) is 0 Å². The average molecular weight is 467 g/mol. The third-order valence-electron chi connectivity index (χ3n) is 5.93. The molecule has 0 atom stereocenters. The molecule has 0 fully saturated rings. The van der Waals surface area contributed by atoms with E-state index in [1.54, 1.807) is 60.7 Å². The minimum Gasteiger partial charge on any atom is -0.452 e. The molecule has 0 radical (unpaired) electrons. The largest absolute Gasteiger partial charge is 0.452 e. The molecule has 4 aromatic rings. The van der Waals surface area contributed by atoms with Crippen molar-refractivity contribution >= 4 is 28.8 Å². The number of rotatable bonds is 6. The first kappa shape index (κ1) is 22.3. The van der Waals surface area contributed by atoms with Gasteiger partial charge in [0, 0.05) is 18.5 Å². The van der Waals surface area contributed by atoms with Gasteiger partial charge in [-0.05, 0) is 37.6 Å². The lowest BCUT2D eigenvalue weighted by atomic mass is 10.1. The van der Waals surface area contributed by atoms with Gasteiger partial charge in [0.25, 0.3) is 11.8 Å². The Bertz CT molecular complexity index is 1500. The molecule has 2 heterocycles. The van der Waals surface area contributed by atoms with E-state index in [9.17, 15) is 19.2 Å². The SMILES string of the molecule is Cc1ccc(-c2oc3ccccc3c(=O)c2OC(=O)CCCN2C(=O)c3ccccc3C2=O)cc1. The molecule has 0 spiro atoms. The number of ether oxygens (including phenoxy) is 1. The van der Waals surface area contributed by atoms with E-state index >= 15 is 0 Å². The van der Waals surface area contributed by atoms with Gasteiger partial charge >= 0.3 is 5.97 Å². The number of hydrogen-bond donors (Lipinski definition) is 0. The number of esters is 1. The van der Waals surface area contributed by atoms with Crippen LogP contribution in [-0.4, -0.2) is 29.2 Å². The summed E-state index contributed by atoms with van der Waals surface area (Å²) in [5, 5.41) is 0.303. The minimum absolute atomic E-state index is 0.0680. The Labute approximate surface area is 200 Å². The topological polar surface area (TPSA) is 93.9 Å². The van der Waals surface area contributed by atoms with Crippen molar-refractivity contribution in [2.45, 2.75) is 19.8 Å². The second kappa shape index (κ2) is 9.02. The van der Waals surface area contributed by atoms with Crippen LogP contribution in [0.2, 0.25) is 0 Å². The molecular weight excluding hydrogens is 446 g/mol. The first-order valence-corrected chi connectivity index (χ1v) is 11.2. The van der Waals surface area contributed by atoms with Gasteiger partial charge in [-0.2, -0.15) is 0 Å². The molecule has 174 valence electrons. The van der Waals surface area contributed by atoms with E-state index in [0.29, 0.717) is 27.7 Å². The lowest BCUT2D eigenvalue weighted by molar-refractivity contribution is -0.134. The smallest absolute Gasteiger partial charge is 0.311 e. The molecular formula is C28H21NO6. The molecule has 7 nitrogen and oxygen atoms in total. The van der Waals surface area contributed by atoms with Gasteiger partial charge in [-0.3, -0.25) is 24.1 Å². The van der Waals surface area contributed by atoms with Crippen LogP contribution in [0.3, 0.4) is 0 Å². The van der Waals surface area contributed by atoms with Gasteiger partial charge in [-0.25, -0.2) is 0 Å². The number of nitrogens with zero attached hydrogens (tertiary/aromatic N) is 1. The summed E-state index contributed by atoms with van der Waals surface area (Å²) >= 11 is 0. The fourth-order valence-electron chi connectivity index (χ4n) is 4.10. The average Bonchev–Trinajstić information content (AvgIpc) is 3.11. The molecule has 3 aromatic carbocycles. The number of amides is 2. The Morgan fingerprint density at radius 2 is 1.49 bits per heavy atom. The maximum absolute atomic E-state index is 13.2. The number of para-hydroxylation sites is 1. The van der Waals surface area contributed by atoms with Gasteiger partial charge in [-0.15, -0.1) is 0 Å². The van der Waals surface area contributed by atoms with Gasteiger partial charge in [0.1, 0.15) is 5.58 Å². The highest BCUT2D eigenvalue weighted by Gasteiger charge is 2.34. The van der Waals surface area contributed by atoms with Crippen LogP contribution >= 0.6 is 0 Å². The molecule has 2 amide bonds. The van der Waals surface area contributed by atoms with Crippen LogP contribution in [0.4, 0.5) is 0 Å². The molecule has 7 heteroatoms. The Kier molecular flexibility index (Phi) is 5.74. The predicted octanol–water partition coefficient (Wildman–Crippen LogP) is 4.75. The van der Waals surface area contributed by atoms with Gasteiger partial charge in [0.2, 0.25) is 11.2 Å². The zero-order chi connectivity index (χ0) is 24.5. The number of hydrogen-bond acceptors (Lipinski definition) is 6. The quantitative estimate of drug-likeness (QED) is 0.300. The second-order valence-corrected chi connectivity index (χ2v) is 8.34. The molecule has 0 saturated heterocycles. The Hall–Kier alpha value is -4.52. The lowest BCUT2D eigenvalue weighted by Crippen LogP contribution is -2.31. The van der Waals surface area contributed by atoms with Crippen LogP contribution in [0.15, 0.2) is 82.0 Å². The molecule has 0 aliphatic carbocycles. The zero-order valence-corrected chi connectivity index (χ0v) is 18.9. The summed E-state index contributed by atoms with van der Waals surface area (Å²) in [7, 11) is 0. The second-order valence-electron chi connectivity index (χ2n) is 8.34. The molecule has 1 aliphatic heterocycles. The fraction of sp³-hybridized carbons (Fsp3) is 0.143. The number of imide groups is 1. The highest BCUT2D eigenvalue weighted by molar-refractivity contribution is 6.21. The Morgan fingerprint density at radius 3 is 2.17 bits per heavy atom. The summed E-state index contributed by atoms with van der Waals surface area (Å²) in [6.07, 6.45) is 0.107. The molecule has 0 bridgehead atoms. The molecule has 5 rings (SSSR count).